The molecule has 7 nitrogen and oxygen atoms in total. The highest BCUT2D eigenvalue weighted by atomic mass is 16.4. The molecule has 0 saturated carbocycles. The summed E-state index contributed by atoms with van der Waals surface area (Å²) < 4.78 is 0. The Hall–Kier alpha value is -3.09. The van der Waals surface area contributed by atoms with Crippen molar-refractivity contribution in [2.45, 2.75) is 13.3 Å². The predicted octanol–water partition coefficient (Wildman–Crippen LogP) is 1.76. The molecule has 3 aromatic rings. The van der Waals surface area contributed by atoms with Crippen LogP contribution in [-0.2, 0) is 6.42 Å². The summed E-state index contributed by atoms with van der Waals surface area (Å²) in [6.45, 7) is 1.93. The summed E-state index contributed by atoms with van der Waals surface area (Å²) in [6, 6.07) is 5.06. The summed E-state index contributed by atoms with van der Waals surface area (Å²) in [5.41, 5.74) is 7.49. The number of aromatic carboxylic acids is 1. The second-order valence-electron chi connectivity index (χ2n) is 4.88. The fourth-order valence-corrected chi connectivity index (χ4v) is 2.65. The first-order valence-electron chi connectivity index (χ1n) is 6.75. The van der Waals surface area contributed by atoms with E-state index >= 15 is 0 Å². The Morgan fingerprint density at radius 2 is 2.18 bits per heavy atom. The summed E-state index contributed by atoms with van der Waals surface area (Å²) in [7, 11) is 0. The first-order valence-corrected chi connectivity index (χ1v) is 6.75. The van der Waals surface area contributed by atoms with Crippen molar-refractivity contribution in [3.63, 3.8) is 0 Å². The zero-order chi connectivity index (χ0) is 15.9. The fourth-order valence-electron chi connectivity index (χ4n) is 2.65. The number of fused-ring (bicyclic) bond motifs is 1. The lowest BCUT2D eigenvalue weighted by atomic mass is 9.93. The van der Waals surface area contributed by atoms with Crippen molar-refractivity contribution in [1.29, 1.82) is 0 Å². The number of aromatic nitrogens is 3. The van der Waals surface area contributed by atoms with Crippen molar-refractivity contribution >= 4 is 23.0 Å². The van der Waals surface area contributed by atoms with Crippen LogP contribution in [0.2, 0.25) is 0 Å². The van der Waals surface area contributed by atoms with Gasteiger partial charge in [-0.2, -0.15) is 4.98 Å². The van der Waals surface area contributed by atoms with Gasteiger partial charge in [-0.15, -0.1) is 0 Å². The number of nitrogen functional groups attached to an aromatic ring is 1. The van der Waals surface area contributed by atoms with Gasteiger partial charge >= 0.3 is 5.97 Å². The standard InChI is InChI=1S/C15H14N4O3/c1-2-7-4-3-5-8(14(21)22)10(7)9-6-17-12-11(9)13(20)19-15(16)18-12/h3-6H,2H2,1H3,(H,21,22)(H4,16,17,18,19,20). The molecule has 7 heteroatoms. The van der Waals surface area contributed by atoms with E-state index in [9.17, 15) is 14.7 Å². The van der Waals surface area contributed by atoms with Gasteiger partial charge in [-0.1, -0.05) is 19.1 Å². The average molecular weight is 298 g/mol. The molecule has 1 aromatic carbocycles. The van der Waals surface area contributed by atoms with Crippen molar-refractivity contribution in [1.82, 2.24) is 15.0 Å². The second kappa shape index (κ2) is 5.03. The van der Waals surface area contributed by atoms with Gasteiger partial charge in [0.25, 0.3) is 5.56 Å². The highest BCUT2D eigenvalue weighted by Gasteiger charge is 2.20. The molecule has 0 spiro atoms. The molecule has 0 amide bonds. The molecule has 22 heavy (non-hydrogen) atoms. The van der Waals surface area contributed by atoms with Crippen LogP contribution < -0.4 is 11.3 Å². The molecule has 0 aliphatic carbocycles. The number of carbonyl (C=O) groups is 1. The quantitative estimate of drug-likeness (QED) is 0.586. The van der Waals surface area contributed by atoms with Crippen LogP contribution in [0.3, 0.4) is 0 Å². The number of carboxylic acid groups (broad SMARTS) is 1. The number of hydrogen-bond acceptors (Lipinski definition) is 4. The molecule has 0 saturated heterocycles. The van der Waals surface area contributed by atoms with E-state index in [2.05, 4.69) is 15.0 Å². The van der Waals surface area contributed by atoms with E-state index in [0.717, 1.165) is 5.56 Å². The van der Waals surface area contributed by atoms with E-state index in [1.807, 2.05) is 13.0 Å². The van der Waals surface area contributed by atoms with E-state index in [1.165, 1.54) is 6.07 Å². The lowest BCUT2D eigenvalue weighted by molar-refractivity contribution is 0.0697. The van der Waals surface area contributed by atoms with Gasteiger partial charge in [0.2, 0.25) is 5.95 Å². The number of aryl methyl sites for hydroxylation is 1. The lowest BCUT2D eigenvalue weighted by Crippen LogP contribution is -2.11. The number of benzene rings is 1. The molecule has 0 fully saturated rings. The van der Waals surface area contributed by atoms with Crippen LogP contribution in [-0.4, -0.2) is 26.0 Å². The molecule has 0 aliphatic heterocycles. The highest BCUT2D eigenvalue weighted by Crippen LogP contribution is 2.32. The van der Waals surface area contributed by atoms with Gasteiger partial charge in [0.05, 0.1) is 10.9 Å². The van der Waals surface area contributed by atoms with Gasteiger partial charge in [0.15, 0.2) is 0 Å². The van der Waals surface area contributed by atoms with Crippen LogP contribution in [0.4, 0.5) is 5.95 Å². The molecule has 5 N–H and O–H groups in total. The van der Waals surface area contributed by atoms with Crippen molar-refractivity contribution in [2.24, 2.45) is 0 Å². The number of hydrogen-bond donors (Lipinski definition) is 4. The zero-order valence-corrected chi connectivity index (χ0v) is 11.8. The Labute approximate surface area is 124 Å². The molecule has 0 radical (unpaired) electrons. The first kappa shape index (κ1) is 13.9. The van der Waals surface area contributed by atoms with Gasteiger partial charge in [-0.25, -0.2) is 4.79 Å². The minimum atomic E-state index is -1.04. The summed E-state index contributed by atoms with van der Waals surface area (Å²) in [5.74, 6) is -1.03. The van der Waals surface area contributed by atoms with E-state index in [-0.39, 0.29) is 11.5 Å². The number of carboxylic acids is 1. The van der Waals surface area contributed by atoms with Crippen molar-refractivity contribution in [3.8, 4) is 11.1 Å². The third kappa shape index (κ3) is 2.03. The van der Waals surface area contributed by atoms with Crippen LogP contribution in [0.1, 0.15) is 22.8 Å². The Balaban J connectivity index is 2.42. The summed E-state index contributed by atoms with van der Waals surface area (Å²) in [4.78, 5) is 33.1. The monoisotopic (exact) mass is 298 g/mol. The molecular formula is C15H14N4O3. The van der Waals surface area contributed by atoms with Crippen molar-refractivity contribution in [3.05, 3.63) is 45.9 Å². The smallest absolute Gasteiger partial charge is 0.336 e. The van der Waals surface area contributed by atoms with Gasteiger partial charge in [-0.05, 0) is 18.1 Å². The summed E-state index contributed by atoms with van der Waals surface area (Å²) >= 11 is 0. The number of aromatic amines is 2. The van der Waals surface area contributed by atoms with Gasteiger partial charge in [0.1, 0.15) is 5.65 Å². The molecule has 2 aromatic heterocycles. The molecule has 0 bridgehead atoms. The number of nitrogens with two attached hydrogens (primary N) is 1. The third-order valence-electron chi connectivity index (χ3n) is 3.59. The number of nitrogens with one attached hydrogen (secondary N) is 2. The molecule has 2 heterocycles. The topological polar surface area (TPSA) is 125 Å². The Kier molecular flexibility index (Phi) is 3.17. The molecule has 112 valence electrons. The van der Waals surface area contributed by atoms with Crippen LogP contribution in [0.15, 0.2) is 29.2 Å². The SMILES string of the molecule is CCc1cccc(C(=O)O)c1-c1c[nH]c2nc(N)[nH]c(=O)c12. The van der Waals surface area contributed by atoms with E-state index in [1.54, 1.807) is 12.3 Å². The maximum atomic E-state index is 12.2. The van der Waals surface area contributed by atoms with Gasteiger partial charge in [0, 0.05) is 17.3 Å². The van der Waals surface area contributed by atoms with Gasteiger partial charge in [-0.3, -0.25) is 9.78 Å². The first-order chi connectivity index (χ1) is 10.5. The van der Waals surface area contributed by atoms with E-state index < -0.39 is 11.5 Å². The number of H-pyrrole nitrogens is 2. The Morgan fingerprint density at radius 1 is 1.41 bits per heavy atom. The maximum absolute atomic E-state index is 12.2. The largest absolute Gasteiger partial charge is 0.478 e. The second-order valence-corrected chi connectivity index (χ2v) is 4.88. The van der Waals surface area contributed by atoms with Crippen molar-refractivity contribution in [2.75, 3.05) is 5.73 Å². The van der Waals surface area contributed by atoms with Crippen LogP contribution in [0.25, 0.3) is 22.2 Å². The minimum Gasteiger partial charge on any atom is -0.478 e. The Bertz CT molecular complexity index is 940. The lowest BCUT2D eigenvalue weighted by Gasteiger charge is -2.10. The maximum Gasteiger partial charge on any atom is 0.336 e. The Morgan fingerprint density at radius 3 is 2.86 bits per heavy atom. The molecule has 0 atom stereocenters. The molecule has 0 aliphatic rings. The molecular weight excluding hydrogens is 284 g/mol. The van der Waals surface area contributed by atoms with Crippen molar-refractivity contribution < 1.29 is 9.90 Å². The number of nitrogens with zero attached hydrogens (tertiary/aromatic N) is 1. The molecule has 0 unspecified atom stereocenters. The number of anilines is 1. The van der Waals surface area contributed by atoms with Crippen LogP contribution in [0.5, 0.6) is 0 Å². The normalized spacial score (nSPS) is 11.0. The molecule has 3 rings (SSSR count). The van der Waals surface area contributed by atoms with E-state index in [4.69, 9.17) is 5.73 Å². The summed E-state index contributed by atoms with van der Waals surface area (Å²) in [5, 5.41) is 9.74. The summed E-state index contributed by atoms with van der Waals surface area (Å²) in [6.07, 6.45) is 2.23. The number of rotatable bonds is 3. The minimum absolute atomic E-state index is 0.00753. The van der Waals surface area contributed by atoms with Gasteiger partial charge < -0.3 is 15.8 Å². The van der Waals surface area contributed by atoms with E-state index in [0.29, 0.717) is 28.6 Å². The fraction of sp³-hybridized carbons (Fsp3) is 0.133. The highest BCUT2D eigenvalue weighted by molar-refractivity contribution is 6.03. The predicted molar refractivity (Wildman–Crippen MR) is 82.9 cm³/mol. The van der Waals surface area contributed by atoms with Crippen LogP contribution in [0, 0.1) is 0 Å². The third-order valence-corrected chi connectivity index (χ3v) is 3.59. The zero-order valence-electron chi connectivity index (χ0n) is 11.8. The average Bonchev–Trinajstić information content (AvgIpc) is 2.89. The van der Waals surface area contributed by atoms with Crippen LogP contribution >= 0.6 is 0 Å².